The van der Waals surface area contributed by atoms with E-state index in [1.807, 2.05) is 45.9 Å². The van der Waals surface area contributed by atoms with Crippen molar-refractivity contribution in [3.05, 3.63) is 45.9 Å². The molecule has 2 N–H and O–H groups in total. The minimum atomic E-state index is 0.0943. The molecule has 0 fully saturated rings. The molecule has 0 atom stereocenters. The summed E-state index contributed by atoms with van der Waals surface area (Å²) >= 11 is 3.55. The van der Waals surface area contributed by atoms with Crippen LogP contribution in [0, 0.1) is 13.8 Å². The zero-order valence-electron chi connectivity index (χ0n) is 12.7. The van der Waals surface area contributed by atoms with Crippen LogP contribution in [0.2, 0.25) is 0 Å². The third-order valence-corrected chi connectivity index (χ3v) is 4.17. The molecular formula is C17H20BrNO2. The van der Waals surface area contributed by atoms with Gasteiger partial charge in [0, 0.05) is 28.4 Å². The molecule has 112 valence electrons. The maximum absolute atomic E-state index is 5.92. The van der Waals surface area contributed by atoms with Gasteiger partial charge in [-0.3, -0.25) is 0 Å². The van der Waals surface area contributed by atoms with Crippen molar-refractivity contribution >= 4 is 21.6 Å². The summed E-state index contributed by atoms with van der Waals surface area (Å²) in [6.07, 6.45) is 0.0943. The predicted molar refractivity (Wildman–Crippen MR) is 90.3 cm³/mol. The van der Waals surface area contributed by atoms with E-state index in [1.165, 1.54) is 0 Å². The van der Waals surface area contributed by atoms with Crippen LogP contribution < -0.4 is 15.2 Å². The molecule has 0 saturated carbocycles. The van der Waals surface area contributed by atoms with Gasteiger partial charge < -0.3 is 15.2 Å². The Balaban J connectivity index is 2.29. The second-order valence-corrected chi connectivity index (χ2v) is 6.17. The molecule has 2 aromatic carbocycles. The molecule has 0 spiro atoms. The fourth-order valence-corrected chi connectivity index (χ4v) is 2.32. The number of ether oxygens (including phenoxy) is 2. The molecule has 4 heteroatoms. The van der Waals surface area contributed by atoms with E-state index in [0.29, 0.717) is 17.2 Å². The third kappa shape index (κ3) is 4.14. The van der Waals surface area contributed by atoms with Gasteiger partial charge in [0.15, 0.2) is 0 Å². The minimum absolute atomic E-state index is 0.0943. The summed E-state index contributed by atoms with van der Waals surface area (Å²) in [6.45, 7) is 8.03. The minimum Gasteiger partial charge on any atom is -0.491 e. The lowest BCUT2D eigenvalue weighted by Crippen LogP contribution is -2.05. The van der Waals surface area contributed by atoms with Gasteiger partial charge >= 0.3 is 0 Å². The molecule has 0 amide bonds. The third-order valence-electron chi connectivity index (χ3n) is 2.92. The van der Waals surface area contributed by atoms with E-state index in [1.54, 1.807) is 12.1 Å². The number of halogens is 1. The van der Waals surface area contributed by atoms with Crippen LogP contribution in [0.3, 0.4) is 0 Å². The van der Waals surface area contributed by atoms with Crippen molar-refractivity contribution in [3.8, 4) is 17.2 Å². The summed E-state index contributed by atoms with van der Waals surface area (Å²) in [7, 11) is 0. The first-order valence-electron chi connectivity index (χ1n) is 6.87. The highest BCUT2D eigenvalue weighted by Gasteiger charge is 2.07. The lowest BCUT2D eigenvalue weighted by Gasteiger charge is -2.14. The van der Waals surface area contributed by atoms with E-state index >= 15 is 0 Å². The van der Waals surface area contributed by atoms with Crippen LogP contribution in [0.5, 0.6) is 17.2 Å². The second kappa shape index (κ2) is 6.39. The van der Waals surface area contributed by atoms with E-state index < -0.39 is 0 Å². The Morgan fingerprint density at radius 3 is 2.00 bits per heavy atom. The summed E-state index contributed by atoms with van der Waals surface area (Å²) in [4.78, 5) is 0. The number of anilines is 1. The van der Waals surface area contributed by atoms with Crippen LogP contribution in [-0.4, -0.2) is 6.10 Å². The Hall–Kier alpha value is -1.68. The van der Waals surface area contributed by atoms with Crippen LogP contribution in [0.1, 0.15) is 25.0 Å². The lowest BCUT2D eigenvalue weighted by molar-refractivity contribution is 0.242. The number of nitrogens with two attached hydrogens (primary N) is 1. The van der Waals surface area contributed by atoms with Crippen LogP contribution in [0.4, 0.5) is 5.69 Å². The number of nitrogen functional groups attached to an aromatic ring is 1. The Bertz CT molecular complexity index is 630. The van der Waals surface area contributed by atoms with E-state index in [2.05, 4.69) is 15.9 Å². The standard InChI is InChI=1S/C17H20BrNO2/c1-10(2)20-15-7-13(19)8-16(9-15)21-14-5-11(3)17(18)12(4)6-14/h5-10H,19H2,1-4H3. The van der Waals surface area contributed by atoms with Gasteiger partial charge in [-0.25, -0.2) is 0 Å². The average molecular weight is 350 g/mol. The average Bonchev–Trinajstić information content (AvgIpc) is 2.34. The predicted octanol–water partition coefficient (Wildman–Crippen LogP) is 5.23. The van der Waals surface area contributed by atoms with Crippen molar-refractivity contribution < 1.29 is 9.47 Å². The fraction of sp³-hybridized carbons (Fsp3) is 0.294. The first-order valence-corrected chi connectivity index (χ1v) is 7.66. The topological polar surface area (TPSA) is 44.5 Å². The van der Waals surface area contributed by atoms with E-state index in [0.717, 1.165) is 21.3 Å². The highest BCUT2D eigenvalue weighted by atomic mass is 79.9. The summed E-state index contributed by atoms with van der Waals surface area (Å²) in [5.74, 6) is 2.17. The number of hydrogen-bond acceptors (Lipinski definition) is 3. The first-order chi connectivity index (χ1) is 9.85. The Morgan fingerprint density at radius 1 is 0.905 bits per heavy atom. The monoisotopic (exact) mass is 349 g/mol. The first kappa shape index (κ1) is 15.7. The van der Waals surface area contributed by atoms with Crippen molar-refractivity contribution in [1.29, 1.82) is 0 Å². The zero-order valence-corrected chi connectivity index (χ0v) is 14.3. The molecule has 0 bridgehead atoms. The van der Waals surface area contributed by atoms with Crippen LogP contribution in [0.25, 0.3) is 0 Å². The summed E-state index contributed by atoms with van der Waals surface area (Å²) in [5.41, 5.74) is 8.79. The molecule has 21 heavy (non-hydrogen) atoms. The van der Waals surface area contributed by atoms with Gasteiger partial charge in [-0.2, -0.15) is 0 Å². The lowest BCUT2D eigenvalue weighted by atomic mass is 10.1. The summed E-state index contributed by atoms with van der Waals surface area (Å²) < 4.78 is 12.7. The second-order valence-electron chi connectivity index (χ2n) is 5.38. The molecule has 0 aromatic heterocycles. The quantitative estimate of drug-likeness (QED) is 0.768. The maximum Gasteiger partial charge on any atom is 0.133 e. The highest BCUT2D eigenvalue weighted by Crippen LogP contribution is 2.32. The van der Waals surface area contributed by atoms with Gasteiger partial charge in [0.2, 0.25) is 0 Å². The molecule has 0 aliphatic rings. The van der Waals surface area contributed by atoms with Crippen LogP contribution >= 0.6 is 15.9 Å². The van der Waals surface area contributed by atoms with Gasteiger partial charge in [-0.1, -0.05) is 15.9 Å². The SMILES string of the molecule is Cc1cc(Oc2cc(N)cc(OC(C)C)c2)cc(C)c1Br. The van der Waals surface area contributed by atoms with Crippen molar-refractivity contribution in [2.45, 2.75) is 33.8 Å². The van der Waals surface area contributed by atoms with E-state index in [9.17, 15) is 0 Å². The molecule has 0 unspecified atom stereocenters. The van der Waals surface area contributed by atoms with Crippen molar-refractivity contribution in [1.82, 2.24) is 0 Å². The molecule has 0 saturated heterocycles. The molecular weight excluding hydrogens is 330 g/mol. The Morgan fingerprint density at radius 2 is 1.43 bits per heavy atom. The molecule has 2 rings (SSSR count). The smallest absolute Gasteiger partial charge is 0.133 e. The summed E-state index contributed by atoms with van der Waals surface area (Å²) in [6, 6.07) is 9.42. The van der Waals surface area contributed by atoms with Crippen LogP contribution in [0.15, 0.2) is 34.8 Å². The number of rotatable bonds is 4. The molecule has 3 nitrogen and oxygen atoms in total. The number of hydrogen-bond donors (Lipinski definition) is 1. The van der Waals surface area contributed by atoms with Gasteiger partial charge in [-0.15, -0.1) is 0 Å². The van der Waals surface area contributed by atoms with Gasteiger partial charge in [0.05, 0.1) is 6.10 Å². The van der Waals surface area contributed by atoms with Crippen LogP contribution in [-0.2, 0) is 0 Å². The largest absolute Gasteiger partial charge is 0.491 e. The fourth-order valence-electron chi connectivity index (χ4n) is 2.09. The van der Waals surface area contributed by atoms with Gasteiger partial charge in [0.1, 0.15) is 17.2 Å². The van der Waals surface area contributed by atoms with Crippen molar-refractivity contribution in [3.63, 3.8) is 0 Å². The number of benzene rings is 2. The van der Waals surface area contributed by atoms with Gasteiger partial charge in [0.25, 0.3) is 0 Å². The van der Waals surface area contributed by atoms with Crippen molar-refractivity contribution in [2.75, 3.05) is 5.73 Å². The summed E-state index contributed by atoms with van der Waals surface area (Å²) in [5, 5.41) is 0. The zero-order chi connectivity index (χ0) is 15.6. The van der Waals surface area contributed by atoms with E-state index in [-0.39, 0.29) is 6.10 Å². The Kier molecular flexibility index (Phi) is 4.78. The molecule has 2 aromatic rings. The molecule has 0 heterocycles. The van der Waals surface area contributed by atoms with Crippen molar-refractivity contribution in [2.24, 2.45) is 0 Å². The molecule has 0 aliphatic carbocycles. The normalized spacial score (nSPS) is 10.8. The highest BCUT2D eigenvalue weighted by molar-refractivity contribution is 9.10. The molecule has 0 aliphatic heterocycles. The van der Waals surface area contributed by atoms with E-state index in [4.69, 9.17) is 15.2 Å². The maximum atomic E-state index is 5.92. The molecule has 0 radical (unpaired) electrons. The number of aryl methyl sites for hydroxylation is 2. The van der Waals surface area contributed by atoms with Gasteiger partial charge in [-0.05, 0) is 51.0 Å². The Labute approximate surface area is 134 Å².